The Morgan fingerprint density at radius 2 is 2.24 bits per heavy atom. The molecule has 1 saturated carbocycles. The predicted octanol–water partition coefficient (Wildman–Crippen LogP) is 2.27. The number of nitrogens with zero attached hydrogens (tertiary/aromatic N) is 2. The Morgan fingerprint density at radius 3 is 2.88 bits per heavy atom. The van der Waals surface area contributed by atoms with Gasteiger partial charge in [-0.25, -0.2) is 4.98 Å². The van der Waals surface area contributed by atoms with Crippen LogP contribution < -0.4 is 5.73 Å². The van der Waals surface area contributed by atoms with Gasteiger partial charge in [-0.15, -0.1) is 0 Å². The first kappa shape index (κ1) is 10.8. The summed E-state index contributed by atoms with van der Waals surface area (Å²) in [5, 5.41) is 1.28. The standard InChI is InChI=1S/C14H19N3/c1-14(2)11(7-15)12(14)10-8-17(3)13-9(10)5-4-6-16-13/h4-6,8,11-12H,7,15H2,1-3H3/t11-,12-/m1/s1. The van der Waals surface area contributed by atoms with Crippen molar-refractivity contribution < 1.29 is 0 Å². The fourth-order valence-corrected chi connectivity index (χ4v) is 3.29. The van der Waals surface area contributed by atoms with E-state index in [-0.39, 0.29) is 0 Å². The molecule has 0 aliphatic heterocycles. The fraction of sp³-hybridized carbons (Fsp3) is 0.500. The zero-order chi connectivity index (χ0) is 12.2. The van der Waals surface area contributed by atoms with Gasteiger partial charge in [0, 0.05) is 24.8 Å². The van der Waals surface area contributed by atoms with Gasteiger partial charge in [0.1, 0.15) is 5.65 Å². The lowest BCUT2D eigenvalue weighted by atomic mass is 10.0. The highest BCUT2D eigenvalue weighted by atomic mass is 15.0. The Kier molecular flexibility index (Phi) is 2.11. The highest BCUT2D eigenvalue weighted by Gasteiger charge is 2.57. The number of aromatic nitrogens is 2. The maximum atomic E-state index is 5.87. The van der Waals surface area contributed by atoms with Crippen molar-refractivity contribution in [3.63, 3.8) is 0 Å². The lowest BCUT2D eigenvalue weighted by Crippen LogP contribution is -2.05. The minimum atomic E-state index is 0.332. The maximum Gasteiger partial charge on any atom is 0.139 e. The van der Waals surface area contributed by atoms with E-state index in [9.17, 15) is 0 Å². The summed E-state index contributed by atoms with van der Waals surface area (Å²) in [5.41, 5.74) is 8.68. The molecule has 90 valence electrons. The van der Waals surface area contributed by atoms with Crippen molar-refractivity contribution in [3.8, 4) is 0 Å². The molecule has 2 aromatic heterocycles. The SMILES string of the molecule is Cn1cc([C@@H]2[C@@H](CN)C2(C)C)c2cccnc21. The smallest absolute Gasteiger partial charge is 0.139 e. The van der Waals surface area contributed by atoms with Crippen LogP contribution in [0.1, 0.15) is 25.3 Å². The largest absolute Gasteiger partial charge is 0.335 e. The van der Waals surface area contributed by atoms with Crippen LogP contribution in [0.25, 0.3) is 11.0 Å². The zero-order valence-electron chi connectivity index (χ0n) is 10.6. The molecule has 3 nitrogen and oxygen atoms in total. The number of hydrogen-bond acceptors (Lipinski definition) is 2. The molecule has 2 atom stereocenters. The topological polar surface area (TPSA) is 43.8 Å². The molecule has 2 N–H and O–H groups in total. The Labute approximate surface area is 102 Å². The summed E-state index contributed by atoms with van der Waals surface area (Å²) < 4.78 is 2.12. The minimum absolute atomic E-state index is 0.332. The third-order valence-electron chi connectivity index (χ3n) is 4.40. The lowest BCUT2D eigenvalue weighted by Gasteiger charge is -2.00. The van der Waals surface area contributed by atoms with E-state index in [1.165, 1.54) is 10.9 Å². The molecule has 2 aromatic rings. The second-order valence-electron chi connectivity index (χ2n) is 5.71. The normalized spacial score (nSPS) is 26.4. The molecule has 3 heteroatoms. The van der Waals surface area contributed by atoms with E-state index in [1.807, 2.05) is 12.3 Å². The van der Waals surface area contributed by atoms with E-state index in [0.717, 1.165) is 12.2 Å². The molecule has 0 saturated heterocycles. The number of aryl methyl sites for hydroxylation is 1. The van der Waals surface area contributed by atoms with Gasteiger partial charge in [0.15, 0.2) is 0 Å². The molecular weight excluding hydrogens is 210 g/mol. The molecule has 1 aliphatic carbocycles. The highest BCUT2D eigenvalue weighted by Crippen LogP contribution is 2.64. The summed E-state index contributed by atoms with van der Waals surface area (Å²) >= 11 is 0. The van der Waals surface area contributed by atoms with Gasteiger partial charge >= 0.3 is 0 Å². The van der Waals surface area contributed by atoms with Crippen LogP contribution in [0, 0.1) is 11.3 Å². The third-order valence-corrected chi connectivity index (χ3v) is 4.40. The van der Waals surface area contributed by atoms with Crippen LogP contribution in [0.2, 0.25) is 0 Å². The van der Waals surface area contributed by atoms with E-state index < -0.39 is 0 Å². The number of hydrogen-bond donors (Lipinski definition) is 1. The first-order valence-electron chi connectivity index (χ1n) is 6.17. The van der Waals surface area contributed by atoms with E-state index in [4.69, 9.17) is 5.73 Å². The summed E-state index contributed by atoms with van der Waals surface area (Å²) in [6.45, 7) is 5.39. The van der Waals surface area contributed by atoms with Crippen molar-refractivity contribution in [2.45, 2.75) is 19.8 Å². The van der Waals surface area contributed by atoms with Crippen molar-refractivity contribution >= 4 is 11.0 Å². The van der Waals surface area contributed by atoms with Crippen LogP contribution in [-0.2, 0) is 7.05 Å². The molecule has 17 heavy (non-hydrogen) atoms. The summed E-state index contributed by atoms with van der Waals surface area (Å²) in [7, 11) is 2.06. The van der Waals surface area contributed by atoms with E-state index in [0.29, 0.717) is 17.3 Å². The van der Waals surface area contributed by atoms with E-state index >= 15 is 0 Å². The maximum absolute atomic E-state index is 5.87. The first-order chi connectivity index (χ1) is 8.07. The number of fused-ring (bicyclic) bond motifs is 1. The second kappa shape index (κ2) is 3.33. The Bertz CT molecular complexity index is 568. The van der Waals surface area contributed by atoms with Gasteiger partial charge in [-0.3, -0.25) is 0 Å². The van der Waals surface area contributed by atoms with Gasteiger partial charge in [-0.05, 0) is 41.5 Å². The molecule has 0 amide bonds. The quantitative estimate of drug-likeness (QED) is 0.858. The third kappa shape index (κ3) is 1.35. The first-order valence-corrected chi connectivity index (χ1v) is 6.17. The molecule has 0 spiro atoms. The molecule has 3 rings (SSSR count). The average molecular weight is 229 g/mol. The van der Waals surface area contributed by atoms with Gasteiger partial charge in [0.2, 0.25) is 0 Å². The van der Waals surface area contributed by atoms with E-state index in [1.54, 1.807) is 0 Å². The van der Waals surface area contributed by atoms with Crippen LogP contribution in [-0.4, -0.2) is 16.1 Å². The van der Waals surface area contributed by atoms with Gasteiger partial charge in [-0.2, -0.15) is 0 Å². The number of pyridine rings is 1. The molecular formula is C14H19N3. The van der Waals surface area contributed by atoms with Crippen molar-refractivity contribution in [2.75, 3.05) is 6.54 Å². The van der Waals surface area contributed by atoms with Crippen molar-refractivity contribution in [2.24, 2.45) is 24.1 Å². The number of nitrogens with two attached hydrogens (primary N) is 1. The molecule has 0 unspecified atom stereocenters. The summed E-state index contributed by atoms with van der Waals surface area (Å²) in [6.07, 6.45) is 4.07. The molecule has 0 bridgehead atoms. The van der Waals surface area contributed by atoms with Crippen LogP contribution >= 0.6 is 0 Å². The second-order valence-corrected chi connectivity index (χ2v) is 5.71. The van der Waals surface area contributed by atoms with E-state index in [2.05, 4.69) is 42.7 Å². The van der Waals surface area contributed by atoms with Crippen molar-refractivity contribution in [3.05, 3.63) is 30.1 Å². The van der Waals surface area contributed by atoms with Crippen LogP contribution in [0.15, 0.2) is 24.5 Å². The molecule has 0 aromatic carbocycles. The van der Waals surface area contributed by atoms with Crippen molar-refractivity contribution in [1.29, 1.82) is 0 Å². The molecule has 0 radical (unpaired) electrons. The Hall–Kier alpha value is -1.35. The average Bonchev–Trinajstić information content (AvgIpc) is 2.70. The highest BCUT2D eigenvalue weighted by molar-refractivity contribution is 5.81. The molecule has 1 fully saturated rings. The molecule has 1 aliphatic rings. The van der Waals surface area contributed by atoms with Crippen molar-refractivity contribution in [1.82, 2.24) is 9.55 Å². The van der Waals surface area contributed by atoms with Gasteiger partial charge in [0.25, 0.3) is 0 Å². The Morgan fingerprint density at radius 1 is 1.47 bits per heavy atom. The zero-order valence-corrected chi connectivity index (χ0v) is 10.6. The number of rotatable bonds is 2. The summed E-state index contributed by atoms with van der Waals surface area (Å²) in [5.74, 6) is 1.19. The van der Waals surface area contributed by atoms with Gasteiger partial charge < -0.3 is 10.3 Å². The monoisotopic (exact) mass is 229 g/mol. The van der Waals surface area contributed by atoms with Crippen LogP contribution in [0.3, 0.4) is 0 Å². The fourth-order valence-electron chi connectivity index (χ4n) is 3.29. The van der Waals surface area contributed by atoms with Gasteiger partial charge in [0.05, 0.1) is 0 Å². The van der Waals surface area contributed by atoms with Crippen LogP contribution in [0.4, 0.5) is 0 Å². The summed E-state index contributed by atoms with van der Waals surface area (Å²) in [4.78, 5) is 4.44. The predicted molar refractivity (Wildman–Crippen MR) is 69.8 cm³/mol. The Balaban J connectivity index is 2.14. The molecule has 2 heterocycles. The lowest BCUT2D eigenvalue weighted by molar-refractivity contribution is 0.559. The minimum Gasteiger partial charge on any atom is -0.335 e. The van der Waals surface area contributed by atoms with Gasteiger partial charge in [-0.1, -0.05) is 13.8 Å². The summed E-state index contributed by atoms with van der Waals surface area (Å²) in [6, 6.07) is 4.18. The van der Waals surface area contributed by atoms with Crippen LogP contribution in [0.5, 0.6) is 0 Å².